The molecule has 740 valence electrons. The standard InChI is InChI=1S/2C12H15N.3C11H14N2.C10H12N2.C10H11NS.2C9H12N2.C9H10N2.2C8H10N2/c2*1-8(2)10-4-5-11-6-9(3)13-12(11)7-10;1-8(2)9-4-5-11-10(6-9)7-13(3)12-11;2*1-8(2)9-4-5-11-10(6-9)7-12-13(11)3;1-8(2)4-5-10-6-11-9(3)12-7-10;1-7(2)8-3-4-9-10(5-8)12-6-11-9;1-8(2)4-5-9-6-10-7-11(9)3;1-8(2)4-5-9-6-10-11(3)7-9;1-8(2)3-4-9-5-10-7-11-6-9;1-7(2)3-4-8-5-9-6-10-8;1-7(2)3-4-8-5-9-10-6-8/h2*4-5,7-8H,6H2,1-3H3;3*4-8H,1-3H3;6-8H,1-3H3;3-7H,1-2H3;2*6-8H,1-3H3;5-8H,1-2H3;2*5-7H,1-2H3,(H,9,10). The Bertz CT molecular complexity index is 6780. The van der Waals surface area contributed by atoms with Crippen LogP contribution in [0.25, 0.3) is 42.9 Å². The number of aromatic nitrogens is 19. The van der Waals surface area contributed by atoms with Gasteiger partial charge in [-0.25, -0.2) is 34.9 Å². The zero-order valence-corrected chi connectivity index (χ0v) is 90.8. The summed E-state index contributed by atoms with van der Waals surface area (Å²) in [4.78, 5) is 39.8. The van der Waals surface area contributed by atoms with Crippen LogP contribution in [0.1, 0.15) is 299 Å². The minimum atomic E-state index is 0.395. The number of H-pyrrole nitrogens is 2. The summed E-state index contributed by atoms with van der Waals surface area (Å²) >= 11 is 1.71. The topological polar surface area (TPSA) is 236 Å². The summed E-state index contributed by atoms with van der Waals surface area (Å²) in [5, 5.41) is 26.9. The van der Waals surface area contributed by atoms with Crippen molar-refractivity contribution >= 4 is 77.1 Å². The van der Waals surface area contributed by atoms with Crippen molar-refractivity contribution in [1.29, 1.82) is 0 Å². The average molecular weight is 1920 g/mol. The Morgan fingerprint density at radius 3 is 1.23 bits per heavy atom. The quantitative estimate of drug-likeness (QED) is 0.148. The molecule has 0 fully saturated rings. The van der Waals surface area contributed by atoms with E-state index < -0.39 is 0 Å². The Hall–Kier alpha value is -14.7. The van der Waals surface area contributed by atoms with E-state index in [0.717, 1.165) is 63.3 Å². The van der Waals surface area contributed by atoms with E-state index in [1.807, 2.05) is 84.9 Å². The highest BCUT2D eigenvalue weighted by molar-refractivity contribution is 7.16. The highest BCUT2D eigenvalue weighted by Gasteiger charge is 2.15. The SMILES string of the molecule is CC(C)C#Cc1cn[nH]c1.CC(C)C#Cc1cnc[nH]1.CC(C)C#Cc1cncn1C.CC(C)C#Cc1cncnc1.CC(C)C#Cc1cnn(C)c1.CC(C)c1ccc2c(cnn2C)c1.CC(C)c1ccc2c(cnn2C)c1.CC(C)c1ccc2ncsc2c1.CC(C)c1ccc2nn(C)cc2c1.CC1=Nc2cc(C(C)C)ccc2C1.CC1=Nc2cc(C(C)C)ccc2C1.Cc1ncc(C#CC(C)C)cn1. The van der Waals surface area contributed by atoms with Gasteiger partial charge in [0, 0.05) is 155 Å². The van der Waals surface area contributed by atoms with Gasteiger partial charge in [-0.05, 0) is 173 Å². The van der Waals surface area contributed by atoms with Crippen molar-refractivity contribution in [2.45, 2.75) is 235 Å². The largest absolute Gasteiger partial charge is 0.338 e. The summed E-state index contributed by atoms with van der Waals surface area (Å²) in [5.74, 6) is 43.1. The van der Waals surface area contributed by atoms with Crippen LogP contribution >= 0.6 is 11.3 Å². The fraction of sp³-hybridized carbons (Fsp3) is 0.383. The number of aromatic amines is 2. The number of nitrogens with zero attached hydrogens (tertiary/aromatic N) is 19. The number of hydrogen-bond acceptors (Lipinski definition) is 15. The fourth-order valence-electron chi connectivity index (χ4n) is 13.0. The molecule has 142 heavy (non-hydrogen) atoms. The van der Waals surface area contributed by atoms with Gasteiger partial charge in [0.15, 0.2) is 0 Å². The van der Waals surface area contributed by atoms with E-state index in [1.165, 1.54) is 106 Å². The minimum absolute atomic E-state index is 0.395. The molecule has 18 rings (SSSR count). The first-order valence-corrected chi connectivity index (χ1v) is 49.9. The Kier molecular flexibility index (Phi) is 47.5. The molecule has 0 atom stereocenters. The van der Waals surface area contributed by atoms with Gasteiger partial charge >= 0.3 is 0 Å². The third-order valence-electron chi connectivity index (χ3n) is 21.1. The molecule has 21 nitrogen and oxygen atoms in total. The summed E-state index contributed by atoms with van der Waals surface area (Å²) < 4.78 is 10.6. The van der Waals surface area contributed by atoms with E-state index in [0.29, 0.717) is 71.0 Å². The van der Waals surface area contributed by atoms with Gasteiger partial charge in [0.1, 0.15) is 23.5 Å². The normalized spacial score (nSPS) is 11.0. The molecule has 0 unspecified atom stereocenters. The van der Waals surface area contributed by atoms with E-state index in [-0.39, 0.29) is 0 Å². The van der Waals surface area contributed by atoms with E-state index >= 15 is 0 Å². The first kappa shape index (κ1) is 114. The van der Waals surface area contributed by atoms with Gasteiger partial charge in [0.05, 0.1) is 116 Å². The number of aliphatic imine (C=N–C) groups is 2. The van der Waals surface area contributed by atoms with Crippen LogP contribution in [0.15, 0.2) is 224 Å². The van der Waals surface area contributed by atoms with Gasteiger partial charge in [-0.2, -0.15) is 25.5 Å². The maximum atomic E-state index is 4.51. The first-order valence-electron chi connectivity index (χ1n) is 49.0. The van der Waals surface area contributed by atoms with Crippen molar-refractivity contribution in [1.82, 2.24) is 93.8 Å². The van der Waals surface area contributed by atoms with Crippen LogP contribution in [-0.4, -0.2) is 105 Å². The molecule has 0 aliphatic carbocycles. The molecular formula is C120H149N21S. The Labute approximate surface area is 850 Å². The van der Waals surface area contributed by atoms with Crippen LogP contribution < -0.4 is 0 Å². The number of benzene rings is 6. The van der Waals surface area contributed by atoms with Gasteiger partial charge in [0.25, 0.3) is 0 Å². The number of rotatable bonds is 6. The fourth-order valence-corrected chi connectivity index (χ4v) is 13.8. The van der Waals surface area contributed by atoms with E-state index in [1.54, 1.807) is 84.4 Å². The van der Waals surface area contributed by atoms with Gasteiger partial charge in [0.2, 0.25) is 0 Å². The molecule has 10 aromatic heterocycles. The predicted octanol–water partition coefficient (Wildman–Crippen LogP) is 27.4. The molecule has 12 heterocycles. The molecule has 6 aromatic carbocycles. The summed E-state index contributed by atoms with van der Waals surface area (Å²) in [6, 6.07) is 39.3. The maximum Gasteiger partial charge on any atom is 0.125 e. The third kappa shape index (κ3) is 41.4. The second kappa shape index (κ2) is 59.0. The summed E-state index contributed by atoms with van der Waals surface area (Å²) in [6.45, 7) is 57.3. The lowest BCUT2D eigenvalue weighted by Gasteiger charge is -2.06. The average Bonchev–Trinajstić information content (AvgIpc) is 1.69. The van der Waals surface area contributed by atoms with Gasteiger partial charge in [-0.1, -0.05) is 274 Å². The second-order valence-corrected chi connectivity index (χ2v) is 39.4. The molecule has 0 bridgehead atoms. The number of imidazole rings is 2. The lowest BCUT2D eigenvalue weighted by molar-refractivity contribution is 0.767. The zero-order chi connectivity index (χ0) is 104. The van der Waals surface area contributed by atoms with Crippen molar-refractivity contribution in [2.75, 3.05) is 0 Å². The van der Waals surface area contributed by atoms with Crippen molar-refractivity contribution in [2.24, 2.45) is 80.7 Å². The molecule has 0 saturated heterocycles. The molecular weight excluding hydrogens is 1770 g/mol. The van der Waals surface area contributed by atoms with Crippen LogP contribution in [0.2, 0.25) is 0 Å². The summed E-state index contributed by atoms with van der Waals surface area (Å²) in [7, 11) is 9.72. The molecule has 22 heteroatoms. The highest BCUT2D eigenvalue weighted by Crippen LogP contribution is 2.33. The van der Waals surface area contributed by atoms with E-state index in [9.17, 15) is 0 Å². The van der Waals surface area contributed by atoms with Crippen LogP contribution in [-0.2, 0) is 48.1 Å². The molecule has 2 aliphatic heterocycles. The third-order valence-corrected chi connectivity index (χ3v) is 21.9. The molecule has 2 aliphatic rings. The zero-order valence-electron chi connectivity index (χ0n) is 90.0. The first-order chi connectivity index (χ1) is 67.6. The number of nitrogens with one attached hydrogen (secondary N) is 2. The molecule has 16 aromatic rings. The lowest BCUT2D eigenvalue weighted by Crippen LogP contribution is -1.90. The second-order valence-electron chi connectivity index (χ2n) is 38.6. The maximum absolute atomic E-state index is 4.51. The molecule has 0 spiro atoms. The highest BCUT2D eigenvalue weighted by atomic mass is 32.1. The van der Waals surface area contributed by atoms with Crippen LogP contribution in [0.3, 0.4) is 0 Å². The number of thiazole rings is 1. The number of hydrogen-bond donors (Lipinski definition) is 2. The lowest BCUT2D eigenvalue weighted by atomic mass is 10.00. The van der Waals surface area contributed by atoms with Crippen LogP contribution in [0.4, 0.5) is 11.4 Å². The van der Waals surface area contributed by atoms with Crippen LogP contribution in [0, 0.1) is 113 Å². The summed E-state index contributed by atoms with van der Waals surface area (Å²) in [5.41, 5.74) is 27.9. The Balaban J connectivity index is 0.000000211. The van der Waals surface area contributed by atoms with Gasteiger partial charge in [-0.15, -0.1) is 11.3 Å². The van der Waals surface area contributed by atoms with Crippen molar-refractivity contribution in [3.63, 3.8) is 0 Å². The monoisotopic (exact) mass is 1920 g/mol. The van der Waals surface area contributed by atoms with Crippen molar-refractivity contribution in [3.8, 4) is 71.0 Å². The molecule has 0 saturated carbocycles. The van der Waals surface area contributed by atoms with Gasteiger partial charge < -0.3 is 9.55 Å². The number of aryl methyl sites for hydroxylation is 6. The van der Waals surface area contributed by atoms with Gasteiger partial charge in [-0.3, -0.25) is 33.8 Å². The van der Waals surface area contributed by atoms with E-state index in [2.05, 4.69) is 447 Å². The summed E-state index contributed by atoms with van der Waals surface area (Å²) in [6.07, 6.45) is 30.4. The Morgan fingerprint density at radius 2 is 0.789 bits per heavy atom. The Morgan fingerprint density at radius 1 is 0.359 bits per heavy atom. The molecule has 0 amide bonds. The van der Waals surface area contributed by atoms with E-state index in [4.69, 9.17) is 0 Å². The predicted molar refractivity (Wildman–Crippen MR) is 595 cm³/mol. The minimum Gasteiger partial charge on any atom is -0.338 e. The molecule has 2 N–H and O–H groups in total. The van der Waals surface area contributed by atoms with Crippen molar-refractivity contribution < 1.29 is 0 Å². The van der Waals surface area contributed by atoms with Crippen molar-refractivity contribution in [3.05, 3.63) is 298 Å². The number of fused-ring (bicyclic) bond motifs is 6. The van der Waals surface area contributed by atoms with Crippen LogP contribution in [0.5, 0.6) is 0 Å². The molecule has 0 radical (unpaired) electrons. The smallest absolute Gasteiger partial charge is 0.125 e.